The van der Waals surface area contributed by atoms with Gasteiger partial charge in [-0.25, -0.2) is 9.97 Å². The molecule has 0 amide bonds. The minimum Gasteiger partial charge on any atom is -0.329 e. The van der Waals surface area contributed by atoms with Gasteiger partial charge in [-0.1, -0.05) is 30.3 Å². The van der Waals surface area contributed by atoms with E-state index in [9.17, 15) is 0 Å². The maximum Gasteiger partial charge on any atom is 0.137 e. The van der Waals surface area contributed by atoms with E-state index in [-0.39, 0.29) is 0 Å². The van der Waals surface area contributed by atoms with E-state index in [0.29, 0.717) is 5.92 Å². The first-order valence-corrected chi connectivity index (χ1v) is 8.95. The van der Waals surface area contributed by atoms with Crippen molar-refractivity contribution in [2.24, 2.45) is 5.92 Å². The summed E-state index contributed by atoms with van der Waals surface area (Å²) in [6.45, 7) is 4.99. The van der Waals surface area contributed by atoms with Gasteiger partial charge in [-0.2, -0.15) is 5.10 Å². The van der Waals surface area contributed by atoms with E-state index in [1.54, 1.807) is 6.33 Å². The van der Waals surface area contributed by atoms with Crippen LogP contribution in [0.1, 0.15) is 24.2 Å². The number of nitrogens with zero attached hydrogens (tertiary/aromatic N) is 6. The minimum atomic E-state index is 0.632. The molecule has 0 spiro atoms. The van der Waals surface area contributed by atoms with Gasteiger partial charge < -0.3 is 4.57 Å². The van der Waals surface area contributed by atoms with Gasteiger partial charge in [-0.3, -0.25) is 9.58 Å². The molecule has 1 fully saturated rings. The summed E-state index contributed by atoms with van der Waals surface area (Å²) in [5.41, 5.74) is 1.31. The monoisotopic (exact) mass is 336 g/mol. The minimum absolute atomic E-state index is 0.632. The van der Waals surface area contributed by atoms with Crippen LogP contribution in [-0.4, -0.2) is 42.3 Å². The van der Waals surface area contributed by atoms with Crippen molar-refractivity contribution < 1.29 is 0 Å². The topological polar surface area (TPSA) is 51.8 Å². The first kappa shape index (κ1) is 16.0. The average Bonchev–Trinajstić information content (AvgIpc) is 3.29. The van der Waals surface area contributed by atoms with Crippen molar-refractivity contribution in [1.29, 1.82) is 0 Å². The normalized spacial score (nSPS) is 18.5. The lowest BCUT2D eigenvalue weighted by Crippen LogP contribution is -2.37. The smallest absolute Gasteiger partial charge is 0.137 e. The highest BCUT2D eigenvalue weighted by molar-refractivity contribution is 5.15. The van der Waals surface area contributed by atoms with Crippen molar-refractivity contribution >= 4 is 0 Å². The van der Waals surface area contributed by atoms with Gasteiger partial charge in [0, 0.05) is 32.0 Å². The van der Waals surface area contributed by atoms with Gasteiger partial charge in [0.2, 0.25) is 0 Å². The first-order chi connectivity index (χ1) is 12.4. The summed E-state index contributed by atoms with van der Waals surface area (Å²) in [6.07, 6.45) is 9.91. The van der Waals surface area contributed by atoms with Crippen LogP contribution in [0.3, 0.4) is 0 Å². The molecule has 0 saturated carbocycles. The highest BCUT2D eigenvalue weighted by Gasteiger charge is 2.21. The fraction of sp³-hybridized carbons (Fsp3) is 0.421. The molecule has 0 radical (unpaired) electrons. The zero-order chi connectivity index (χ0) is 16.9. The van der Waals surface area contributed by atoms with Crippen molar-refractivity contribution in [1.82, 2.24) is 29.2 Å². The van der Waals surface area contributed by atoms with Crippen LogP contribution >= 0.6 is 0 Å². The van der Waals surface area contributed by atoms with E-state index >= 15 is 0 Å². The van der Waals surface area contributed by atoms with Crippen LogP contribution in [0.25, 0.3) is 0 Å². The van der Waals surface area contributed by atoms with Gasteiger partial charge in [0.25, 0.3) is 0 Å². The molecular formula is C19H24N6. The Morgan fingerprint density at radius 1 is 1.12 bits per heavy atom. The van der Waals surface area contributed by atoms with Gasteiger partial charge in [0.15, 0.2) is 0 Å². The Hall–Kier alpha value is -2.47. The van der Waals surface area contributed by atoms with Gasteiger partial charge in [0.1, 0.15) is 18.5 Å². The number of rotatable bonds is 6. The van der Waals surface area contributed by atoms with Gasteiger partial charge in [0.05, 0.1) is 6.54 Å². The fourth-order valence-electron chi connectivity index (χ4n) is 3.65. The number of piperidine rings is 1. The van der Waals surface area contributed by atoms with Crippen LogP contribution in [-0.2, 0) is 19.6 Å². The van der Waals surface area contributed by atoms with Crippen molar-refractivity contribution in [3.05, 3.63) is 66.8 Å². The molecule has 0 aliphatic carbocycles. The first-order valence-electron chi connectivity index (χ1n) is 8.95. The molecule has 1 aliphatic heterocycles. The summed E-state index contributed by atoms with van der Waals surface area (Å²) in [5, 5.41) is 4.24. The lowest BCUT2D eigenvalue weighted by atomic mass is 9.98. The Labute approximate surface area is 148 Å². The quantitative estimate of drug-likeness (QED) is 0.694. The Morgan fingerprint density at radius 3 is 2.88 bits per heavy atom. The third-order valence-electron chi connectivity index (χ3n) is 4.88. The number of hydrogen-bond donors (Lipinski definition) is 0. The van der Waals surface area contributed by atoms with Crippen molar-refractivity contribution in [3.8, 4) is 0 Å². The van der Waals surface area contributed by atoms with Crippen LogP contribution in [0.15, 0.2) is 55.4 Å². The Kier molecular flexibility index (Phi) is 4.88. The molecule has 1 atom stereocenters. The molecule has 0 bridgehead atoms. The van der Waals surface area contributed by atoms with Crippen LogP contribution in [0, 0.1) is 5.92 Å². The molecule has 1 aliphatic rings. The second kappa shape index (κ2) is 7.61. The van der Waals surface area contributed by atoms with E-state index in [4.69, 9.17) is 0 Å². The van der Waals surface area contributed by atoms with E-state index in [1.165, 1.54) is 18.4 Å². The molecule has 1 unspecified atom stereocenters. The highest BCUT2D eigenvalue weighted by atomic mass is 15.3. The van der Waals surface area contributed by atoms with E-state index in [1.807, 2.05) is 17.2 Å². The molecule has 0 N–H and O–H groups in total. The van der Waals surface area contributed by atoms with Gasteiger partial charge in [-0.15, -0.1) is 0 Å². The molecule has 6 heteroatoms. The molecule has 3 heterocycles. The number of likely N-dealkylation sites (tertiary alicyclic amines) is 1. The van der Waals surface area contributed by atoms with E-state index < -0.39 is 0 Å². The van der Waals surface area contributed by atoms with Crippen LogP contribution < -0.4 is 0 Å². The number of imidazole rings is 1. The maximum absolute atomic E-state index is 4.60. The van der Waals surface area contributed by atoms with Crippen molar-refractivity contribution in [2.45, 2.75) is 32.5 Å². The number of benzene rings is 1. The molecule has 3 aromatic rings. The van der Waals surface area contributed by atoms with Crippen molar-refractivity contribution in [2.75, 3.05) is 13.1 Å². The number of hydrogen-bond acceptors (Lipinski definition) is 4. The second-order valence-corrected chi connectivity index (χ2v) is 6.82. The summed E-state index contributed by atoms with van der Waals surface area (Å²) >= 11 is 0. The lowest BCUT2D eigenvalue weighted by molar-refractivity contribution is 0.149. The third-order valence-corrected chi connectivity index (χ3v) is 4.88. The molecule has 6 nitrogen and oxygen atoms in total. The summed E-state index contributed by atoms with van der Waals surface area (Å²) in [4.78, 5) is 11.2. The average molecular weight is 336 g/mol. The zero-order valence-electron chi connectivity index (χ0n) is 14.4. The fourth-order valence-corrected chi connectivity index (χ4v) is 3.65. The SMILES string of the molecule is c1ccc(Cn2ccnc2CN2CCCC(Cn3cncn3)C2)cc1. The summed E-state index contributed by atoms with van der Waals surface area (Å²) in [5.74, 6) is 1.78. The zero-order valence-corrected chi connectivity index (χ0v) is 14.4. The summed E-state index contributed by atoms with van der Waals surface area (Å²) in [6, 6.07) is 10.6. The molecular weight excluding hydrogens is 312 g/mol. The number of aromatic nitrogens is 5. The lowest BCUT2D eigenvalue weighted by Gasteiger charge is -2.32. The summed E-state index contributed by atoms with van der Waals surface area (Å²) in [7, 11) is 0. The Balaban J connectivity index is 1.38. The van der Waals surface area contributed by atoms with Crippen LogP contribution in [0.5, 0.6) is 0 Å². The standard InChI is InChI=1S/C19H24N6/c1-2-5-17(6-3-1)12-24-10-8-21-19(24)14-23-9-4-7-18(11-23)13-25-16-20-15-22-25/h1-3,5-6,8,10,15-16,18H,4,7,9,11-14H2. The molecule has 25 heavy (non-hydrogen) atoms. The molecule has 4 rings (SSSR count). The predicted octanol–water partition coefficient (Wildman–Crippen LogP) is 2.44. The molecule has 1 saturated heterocycles. The molecule has 130 valence electrons. The summed E-state index contributed by atoms with van der Waals surface area (Å²) < 4.78 is 4.21. The Bertz CT molecular complexity index is 764. The highest BCUT2D eigenvalue weighted by Crippen LogP contribution is 2.20. The molecule has 2 aromatic heterocycles. The van der Waals surface area contributed by atoms with E-state index in [0.717, 1.165) is 38.5 Å². The predicted molar refractivity (Wildman–Crippen MR) is 95.8 cm³/mol. The third kappa shape index (κ3) is 4.14. The second-order valence-electron chi connectivity index (χ2n) is 6.82. The van der Waals surface area contributed by atoms with Crippen LogP contribution in [0.4, 0.5) is 0 Å². The molecule has 1 aromatic carbocycles. The maximum atomic E-state index is 4.60. The largest absolute Gasteiger partial charge is 0.329 e. The van der Waals surface area contributed by atoms with Gasteiger partial charge >= 0.3 is 0 Å². The Morgan fingerprint density at radius 2 is 2.04 bits per heavy atom. The van der Waals surface area contributed by atoms with Gasteiger partial charge in [-0.05, 0) is 30.9 Å². The van der Waals surface area contributed by atoms with Crippen molar-refractivity contribution in [3.63, 3.8) is 0 Å². The van der Waals surface area contributed by atoms with E-state index in [2.05, 4.69) is 61.1 Å². The van der Waals surface area contributed by atoms with Crippen LogP contribution in [0.2, 0.25) is 0 Å².